The van der Waals surface area contributed by atoms with E-state index in [-0.39, 0.29) is 11.8 Å². The number of carbonyl (C=O) groups excluding carboxylic acids is 2. The van der Waals surface area contributed by atoms with E-state index in [1.807, 2.05) is 27.7 Å². The lowest BCUT2D eigenvalue weighted by atomic mass is 9.97. The lowest BCUT2D eigenvalue weighted by Crippen LogP contribution is -2.26. The fraction of sp³-hybridized carbons (Fsp3) is 0.385. The van der Waals surface area contributed by atoms with Gasteiger partial charge >= 0.3 is 0 Å². The number of nitrogens with zero attached hydrogens (tertiary/aromatic N) is 2. The van der Waals surface area contributed by atoms with Crippen molar-refractivity contribution in [3.63, 3.8) is 0 Å². The predicted molar refractivity (Wildman–Crippen MR) is 158 cm³/mol. The molecule has 0 aliphatic heterocycles. The minimum atomic E-state index is -0.139. The molecule has 0 unspecified atom stereocenters. The summed E-state index contributed by atoms with van der Waals surface area (Å²) in [5.41, 5.74) is 11.6. The largest absolute Gasteiger partial charge is 0.272 e. The third kappa shape index (κ3) is 8.75. The highest BCUT2D eigenvalue weighted by molar-refractivity contribution is 9.10. The van der Waals surface area contributed by atoms with Gasteiger partial charge in [-0.05, 0) is 93.5 Å². The highest BCUT2D eigenvalue weighted by Crippen LogP contribution is 2.29. The van der Waals surface area contributed by atoms with Crippen LogP contribution in [0.15, 0.2) is 53.2 Å². The number of nitrogens with one attached hydrogen (secondary N) is 2. The number of hydrogen-bond donors (Lipinski definition) is 2. The number of benzene rings is 2. The Kier molecular flexibility index (Phi) is 11.1. The van der Waals surface area contributed by atoms with E-state index >= 15 is 0 Å². The number of carbonyl (C=O) groups is 2. The van der Waals surface area contributed by atoms with Crippen LogP contribution in [0.3, 0.4) is 0 Å². The van der Waals surface area contributed by atoms with E-state index in [1.165, 1.54) is 23.5 Å². The zero-order valence-electron chi connectivity index (χ0n) is 20.8. The van der Waals surface area contributed by atoms with Gasteiger partial charge in [-0.1, -0.05) is 31.9 Å². The molecule has 0 heterocycles. The molecule has 1 saturated carbocycles. The molecule has 1 aliphatic rings. The van der Waals surface area contributed by atoms with Crippen LogP contribution in [-0.4, -0.2) is 34.7 Å². The van der Waals surface area contributed by atoms with Gasteiger partial charge in [-0.15, -0.1) is 23.5 Å². The summed E-state index contributed by atoms with van der Waals surface area (Å²) in [4.78, 5) is 26.8. The molecule has 0 aromatic heterocycles. The average Bonchev–Trinajstić information content (AvgIpc) is 2.84. The quantitative estimate of drug-likeness (QED) is 0.241. The van der Waals surface area contributed by atoms with E-state index in [2.05, 4.69) is 77.2 Å². The van der Waals surface area contributed by atoms with Crippen LogP contribution >= 0.6 is 55.4 Å². The van der Waals surface area contributed by atoms with Gasteiger partial charge in [0.05, 0.1) is 11.5 Å². The smallest absolute Gasteiger partial charge is 0.250 e. The Morgan fingerprint density at radius 1 is 0.750 bits per heavy atom. The third-order valence-corrected chi connectivity index (χ3v) is 9.67. The maximum absolute atomic E-state index is 12.3. The number of hydrogen-bond acceptors (Lipinski definition) is 6. The summed E-state index contributed by atoms with van der Waals surface area (Å²) in [6, 6.07) is 8.31. The molecular formula is C26H30Br2N4O2S2. The van der Waals surface area contributed by atoms with E-state index in [4.69, 9.17) is 0 Å². The van der Waals surface area contributed by atoms with Crippen LogP contribution in [0.4, 0.5) is 0 Å². The lowest BCUT2D eigenvalue weighted by Gasteiger charge is -2.15. The van der Waals surface area contributed by atoms with Gasteiger partial charge in [0.15, 0.2) is 0 Å². The Bertz CT molecular complexity index is 1120. The topological polar surface area (TPSA) is 82.9 Å². The molecule has 2 aromatic carbocycles. The summed E-state index contributed by atoms with van der Waals surface area (Å²) in [5, 5.41) is 8.65. The zero-order valence-corrected chi connectivity index (χ0v) is 25.6. The van der Waals surface area contributed by atoms with Crippen molar-refractivity contribution in [3.8, 4) is 0 Å². The second-order valence-corrected chi connectivity index (χ2v) is 12.5. The lowest BCUT2D eigenvalue weighted by molar-refractivity contribution is -0.119. The third-order valence-electron chi connectivity index (χ3n) is 5.65. The molecule has 2 N–H and O–H groups in total. The fourth-order valence-corrected chi connectivity index (χ4v) is 6.26. The van der Waals surface area contributed by atoms with Crippen molar-refractivity contribution in [3.05, 3.63) is 55.5 Å². The Morgan fingerprint density at radius 3 is 1.58 bits per heavy atom. The fourth-order valence-electron chi connectivity index (χ4n) is 3.55. The second-order valence-electron chi connectivity index (χ2n) is 8.77. The minimum absolute atomic E-state index is 0.139. The first kappa shape index (κ1) is 28.9. The monoisotopic (exact) mass is 652 g/mol. The van der Waals surface area contributed by atoms with Gasteiger partial charge in [0.25, 0.3) is 0 Å². The van der Waals surface area contributed by atoms with Crippen molar-refractivity contribution in [2.45, 2.75) is 63.2 Å². The molecule has 0 bridgehead atoms. The van der Waals surface area contributed by atoms with Crippen LogP contribution in [-0.2, 0) is 9.59 Å². The Morgan fingerprint density at radius 2 is 1.17 bits per heavy atom. The van der Waals surface area contributed by atoms with Gasteiger partial charge in [-0.3, -0.25) is 9.59 Å². The molecule has 3 rings (SSSR count). The molecule has 0 saturated heterocycles. The molecule has 192 valence electrons. The summed E-state index contributed by atoms with van der Waals surface area (Å²) < 4.78 is 2.14. The molecule has 1 fully saturated rings. The van der Waals surface area contributed by atoms with Crippen molar-refractivity contribution in [2.75, 3.05) is 11.5 Å². The predicted octanol–water partition coefficient (Wildman–Crippen LogP) is 6.85. The Balaban J connectivity index is 1.45. The highest BCUT2D eigenvalue weighted by Gasteiger charge is 2.15. The van der Waals surface area contributed by atoms with Gasteiger partial charge in [-0.25, -0.2) is 10.9 Å². The summed E-state index contributed by atoms with van der Waals surface area (Å²) in [5.74, 6) is 0.316. The number of thioether (sulfide) groups is 2. The second kappa shape index (κ2) is 13.8. The molecule has 0 radical (unpaired) electrons. The summed E-state index contributed by atoms with van der Waals surface area (Å²) in [6.45, 7) is 8.14. The highest BCUT2D eigenvalue weighted by atomic mass is 79.9. The summed E-state index contributed by atoms with van der Waals surface area (Å²) >= 11 is 10.1. The van der Waals surface area contributed by atoms with E-state index in [0.29, 0.717) is 17.9 Å². The van der Waals surface area contributed by atoms with Gasteiger partial charge in [0, 0.05) is 36.6 Å². The summed E-state index contributed by atoms with van der Waals surface area (Å²) in [7, 11) is 0. The normalized spacial score (nSPS) is 15.8. The van der Waals surface area contributed by atoms with Gasteiger partial charge in [0.2, 0.25) is 11.8 Å². The first-order valence-corrected chi connectivity index (χ1v) is 15.2. The van der Waals surface area contributed by atoms with Crippen LogP contribution < -0.4 is 10.9 Å². The van der Waals surface area contributed by atoms with Crippen molar-refractivity contribution in [2.24, 2.45) is 10.2 Å². The van der Waals surface area contributed by atoms with Crippen molar-refractivity contribution >= 4 is 78.6 Å². The molecular weight excluding hydrogens is 624 g/mol. The number of halogens is 2. The van der Waals surface area contributed by atoms with E-state index in [0.717, 1.165) is 71.7 Å². The maximum Gasteiger partial charge on any atom is 0.250 e. The Labute approximate surface area is 238 Å². The molecule has 0 atom stereocenters. The molecule has 2 amide bonds. The molecule has 1 aliphatic carbocycles. The van der Waals surface area contributed by atoms with Gasteiger partial charge in [0.1, 0.15) is 0 Å². The number of hydrazone groups is 2. The maximum atomic E-state index is 12.3. The number of aryl methyl sites for hydroxylation is 4. The molecule has 6 nitrogen and oxygen atoms in total. The Hall–Kier alpha value is -1.62. The first-order chi connectivity index (χ1) is 17.1. The van der Waals surface area contributed by atoms with Crippen LogP contribution in [0.2, 0.25) is 0 Å². The zero-order chi connectivity index (χ0) is 26.2. The average molecular weight is 654 g/mol. The van der Waals surface area contributed by atoms with Crippen molar-refractivity contribution in [1.29, 1.82) is 0 Å². The molecule has 10 heteroatoms. The van der Waals surface area contributed by atoms with Crippen LogP contribution in [0.25, 0.3) is 0 Å². The van der Waals surface area contributed by atoms with E-state index in [1.54, 1.807) is 0 Å². The van der Waals surface area contributed by atoms with E-state index < -0.39 is 0 Å². The number of rotatable bonds is 8. The molecule has 36 heavy (non-hydrogen) atoms. The molecule has 0 spiro atoms. The van der Waals surface area contributed by atoms with Crippen LogP contribution in [0, 0.1) is 27.7 Å². The van der Waals surface area contributed by atoms with Crippen LogP contribution in [0.1, 0.15) is 47.9 Å². The molecule has 2 aromatic rings. The van der Waals surface area contributed by atoms with E-state index in [9.17, 15) is 9.59 Å². The van der Waals surface area contributed by atoms with Gasteiger partial charge in [-0.2, -0.15) is 10.2 Å². The standard InChI is InChI=1S/C26H30Br2N4O2S2/c1-15-10-23(17(3)8-21(15)27)35-13-25(33)31-29-19-6-5-7-20(12-19)30-32-26(34)14-36-24-11-16(2)22(28)9-18(24)4/h8-11H,5-7,12-14H2,1-4H3,(H,31,33)(H,32,34). The summed E-state index contributed by atoms with van der Waals surface area (Å²) in [6.07, 6.45) is 3.06. The SMILES string of the molecule is Cc1cc(SCC(=O)NN=C2CCCC(=NNC(=O)CSc3cc(C)c(Br)cc3C)C2)c(C)cc1Br. The van der Waals surface area contributed by atoms with Crippen molar-refractivity contribution < 1.29 is 9.59 Å². The minimum Gasteiger partial charge on any atom is -0.272 e. The number of amides is 2. The van der Waals surface area contributed by atoms with Crippen molar-refractivity contribution in [1.82, 2.24) is 10.9 Å². The van der Waals surface area contributed by atoms with Gasteiger partial charge < -0.3 is 0 Å². The van der Waals surface area contributed by atoms with Crippen LogP contribution in [0.5, 0.6) is 0 Å². The first-order valence-electron chi connectivity index (χ1n) is 11.6.